The van der Waals surface area contributed by atoms with Gasteiger partial charge in [0.05, 0.1) is 0 Å². The molecular weight excluding hydrogens is 317 g/mol. The van der Waals surface area contributed by atoms with E-state index in [0.29, 0.717) is 11.3 Å². The summed E-state index contributed by atoms with van der Waals surface area (Å²) in [5.41, 5.74) is 0.793. The van der Waals surface area contributed by atoms with E-state index < -0.39 is 5.63 Å². The predicted molar refractivity (Wildman–Crippen MR) is 77.1 cm³/mol. The Labute approximate surface area is 128 Å². The third-order valence-corrected chi connectivity index (χ3v) is 3.13. The Bertz CT molecular complexity index is 895. The second-order valence-corrected chi connectivity index (χ2v) is 4.88. The fraction of sp³-hybridized carbons (Fsp3) is 0.0769. The monoisotopic (exact) mass is 323 g/mol. The summed E-state index contributed by atoms with van der Waals surface area (Å²) in [6.07, 6.45) is 0. The summed E-state index contributed by atoms with van der Waals surface area (Å²) < 4.78 is 10.6. The normalized spacial score (nSPS) is 10.8. The predicted octanol–water partition coefficient (Wildman–Crippen LogP) is 3.39. The molecule has 6 nitrogen and oxygen atoms in total. The van der Waals surface area contributed by atoms with Gasteiger partial charge >= 0.3 is 5.63 Å². The van der Waals surface area contributed by atoms with Crippen LogP contribution in [0.4, 0.5) is 0 Å². The molecule has 0 aliphatic heterocycles. The molecular formula is C13H7Cl2N3O3. The average molecular weight is 324 g/mol. The Morgan fingerprint density at radius 2 is 2.00 bits per heavy atom. The first-order valence-electron chi connectivity index (χ1n) is 5.81. The molecule has 0 aliphatic carbocycles. The zero-order valence-corrected chi connectivity index (χ0v) is 12.1. The molecule has 0 bridgehead atoms. The van der Waals surface area contributed by atoms with E-state index in [9.17, 15) is 4.79 Å². The van der Waals surface area contributed by atoms with E-state index in [2.05, 4.69) is 15.2 Å². The molecule has 8 heteroatoms. The number of aromatic nitrogens is 3. The summed E-state index contributed by atoms with van der Waals surface area (Å²) in [5.74, 6) is 0.403. The van der Waals surface area contributed by atoms with E-state index in [0.717, 1.165) is 10.9 Å². The molecule has 0 atom stereocenters. The summed E-state index contributed by atoms with van der Waals surface area (Å²) in [4.78, 5) is 15.2. The van der Waals surface area contributed by atoms with Crippen molar-refractivity contribution in [2.75, 3.05) is 0 Å². The smallest absolute Gasteiger partial charge is 0.336 e. The zero-order valence-electron chi connectivity index (χ0n) is 10.6. The van der Waals surface area contributed by atoms with Crippen LogP contribution in [-0.4, -0.2) is 15.2 Å². The summed E-state index contributed by atoms with van der Waals surface area (Å²) >= 11 is 11.5. The van der Waals surface area contributed by atoms with Crippen LogP contribution >= 0.6 is 23.2 Å². The number of ether oxygens (including phenoxy) is 1. The quantitative estimate of drug-likeness (QED) is 0.672. The Hall–Kier alpha value is -2.18. The molecule has 21 heavy (non-hydrogen) atoms. The largest absolute Gasteiger partial charge is 0.436 e. The Kier molecular flexibility index (Phi) is 3.48. The van der Waals surface area contributed by atoms with E-state index in [-0.39, 0.29) is 16.3 Å². The third-order valence-electron chi connectivity index (χ3n) is 2.73. The van der Waals surface area contributed by atoms with Crippen LogP contribution in [0.5, 0.6) is 11.6 Å². The van der Waals surface area contributed by atoms with Crippen molar-refractivity contribution >= 4 is 34.2 Å². The third kappa shape index (κ3) is 2.81. The van der Waals surface area contributed by atoms with Crippen LogP contribution in [0.3, 0.4) is 0 Å². The lowest BCUT2D eigenvalue weighted by atomic mass is 10.1. The van der Waals surface area contributed by atoms with Crippen molar-refractivity contribution in [3.63, 3.8) is 0 Å². The second-order valence-electron chi connectivity index (χ2n) is 4.19. The number of rotatable bonds is 2. The van der Waals surface area contributed by atoms with Gasteiger partial charge in [-0.05, 0) is 36.2 Å². The lowest BCUT2D eigenvalue weighted by molar-refractivity contribution is 0.456. The highest BCUT2D eigenvalue weighted by molar-refractivity contribution is 6.31. The zero-order chi connectivity index (χ0) is 15.0. The molecule has 106 valence electrons. The van der Waals surface area contributed by atoms with E-state index in [4.69, 9.17) is 32.4 Å². The van der Waals surface area contributed by atoms with Crippen LogP contribution in [-0.2, 0) is 0 Å². The van der Waals surface area contributed by atoms with Crippen molar-refractivity contribution in [3.8, 4) is 11.6 Å². The SMILES string of the molecule is Cc1cc(=O)oc2cc(Oc3nc(Cl)nnc3Cl)ccc12. The molecule has 0 aliphatic rings. The fourth-order valence-corrected chi connectivity index (χ4v) is 2.06. The van der Waals surface area contributed by atoms with Gasteiger partial charge in [0.25, 0.3) is 5.88 Å². The molecule has 0 radical (unpaired) electrons. The van der Waals surface area contributed by atoms with Crippen LogP contribution < -0.4 is 10.4 Å². The molecule has 0 spiro atoms. The number of halogens is 2. The topological polar surface area (TPSA) is 78.1 Å². The van der Waals surface area contributed by atoms with Crippen molar-refractivity contribution < 1.29 is 9.15 Å². The molecule has 1 aromatic carbocycles. The molecule has 0 unspecified atom stereocenters. The summed E-state index contributed by atoms with van der Waals surface area (Å²) in [6, 6.07) is 6.46. The maximum absolute atomic E-state index is 11.4. The van der Waals surface area contributed by atoms with Crippen molar-refractivity contribution in [1.29, 1.82) is 0 Å². The number of aryl methyl sites for hydroxylation is 1. The maximum atomic E-state index is 11.4. The number of hydrogen-bond acceptors (Lipinski definition) is 6. The lowest BCUT2D eigenvalue weighted by Crippen LogP contribution is -1.98. The minimum atomic E-state index is -0.429. The highest BCUT2D eigenvalue weighted by Gasteiger charge is 2.10. The van der Waals surface area contributed by atoms with E-state index >= 15 is 0 Å². The van der Waals surface area contributed by atoms with Gasteiger partial charge in [-0.3, -0.25) is 0 Å². The fourth-order valence-electron chi connectivity index (χ4n) is 1.83. The summed E-state index contributed by atoms with van der Waals surface area (Å²) in [7, 11) is 0. The number of nitrogens with zero attached hydrogens (tertiary/aromatic N) is 3. The number of fused-ring (bicyclic) bond motifs is 1. The van der Waals surface area contributed by atoms with Crippen LogP contribution in [0.1, 0.15) is 5.56 Å². The maximum Gasteiger partial charge on any atom is 0.336 e. The lowest BCUT2D eigenvalue weighted by Gasteiger charge is -2.07. The molecule has 3 aromatic rings. The van der Waals surface area contributed by atoms with Crippen LogP contribution in [0.15, 0.2) is 33.5 Å². The highest BCUT2D eigenvalue weighted by atomic mass is 35.5. The Balaban J connectivity index is 2.05. The van der Waals surface area contributed by atoms with Crippen molar-refractivity contribution in [2.24, 2.45) is 0 Å². The van der Waals surface area contributed by atoms with E-state index in [1.165, 1.54) is 6.07 Å². The Morgan fingerprint density at radius 3 is 2.81 bits per heavy atom. The van der Waals surface area contributed by atoms with E-state index in [1.807, 2.05) is 6.92 Å². The molecule has 2 heterocycles. The first-order valence-corrected chi connectivity index (χ1v) is 6.56. The first-order chi connectivity index (χ1) is 10.0. The van der Waals surface area contributed by atoms with Gasteiger partial charge in [-0.1, -0.05) is 11.6 Å². The van der Waals surface area contributed by atoms with Crippen molar-refractivity contribution in [3.05, 3.63) is 50.7 Å². The first kappa shape index (κ1) is 13.8. The minimum Gasteiger partial charge on any atom is -0.436 e. The van der Waals surface area contributed by atoms with Gasteiger partial charge in [-0.25, -0.2) is 4.79 Å². The second kappa shape index (κ2) is 5.31. The van der Waals surface area contributed by atoms with Gasteiger partial charge in [0.2, 0.25) is 10.4 Å². The summed E-state index contributed by atoms with van der Waals surface area (Å²) in [6.45, 7) is 1.82. The van der Waals surface area contributed by atoms with Gasteiger partial charge in [-0.15, -0.1) is 10.2 Å². The number of hydrogen-bond donors (Lipinski definition) is 0. The van der Waals surface area contributed by atoms with Gasteiger partial charge in [-0.2, -0.15) is 4.98 Å². The summed E-state index contributed by atoms with van der Waals surface area (Å²) in [5, 5.41) is 7.78. The molecule has 0 fully saturated rings. The highest BCUT2D eigenvalue weighted by Crippen LogP contribution is 2.28. The molecule has 0 saturated heterocycles. The van der Waals surface area contributed by atoms with Crippen molar-refractivity contribution in [1.82, 2.24) is 15.2 Å². The number of benzene rings is 1. The molecule has 0 N–H and O–H groups in total. The standard InChI is InChI=1S/C13H7Cl2N3O3/c1-6-4-10(19)21-9-5-7(2-3-8(6)9)20-12-11(14)17-18-13(15)16-12/h2-5H,1H3. The molecule has 2 aromatic heterocycles. The molecule has 0 amide bonds. The van der Waals surface area contributed by atoms with E-state index in [1.54, 1.807) is 18.2 Å². The van der Waals surface area contributed by atoms with Gasteiger partial charge < -0.3 is 9.15 Å². The molecule has 3 rings (SSSR count). The average Bonchev–Trinajstić information content (AvgIpc) is 2.42. The van der Waals surface area contributed by atoms with Gasteiger partial charge in [0.15, 0.2) is 0 Å². The Morgan fingerprint density at radius 1 is 1.19 bits per heavy atom. The van der Waals surface area contributed by atoms with Crippen molar-refractivity contribution in [2.45, 2.75) is 6.92 Å². The van der Waals surface area contributed by atoms with Gasteiger partial charge in [0.1, 0.15) is 11.3 Å². The molecule has 0 saturated carbocycles. The van der Waals surface area contributed by atoms with Crippen LogP contribution in [0, 0.1) is 6.92 Å². The van der Waals surface area contributed by atoms with Crippen LogP contribution in [0.2, 0.25) is 10.4 Å². The minimum absolute atomic E-state index is 0.0195. The van der Waals surface area contributed by atoms with Crippen LogP contribution in [0.25, 0.3) is 11.0 Å². The van der Waals surface area contributed by atoms with Gasteiger partial charge in [0, 0.05) is 17.5 Å².